The molecule has 5 rings (SSSR count). The van der Waals surface area contributed by atoms with Gasteiger partial charge in [0.1, 0.15) is 41.2 Å². The van der Waals surface area contributed by atoms with E-state index < -0.39 is 0 Å². The maximum Gasteiger partial charge on any atom is 0.179 e. The molecule has 0 amide bonds. The van der Waals surface area contributed by atoms with E-state index in [0.29, 0.717) is 24.4 Å². The molecule has 0 aliphatic carbocycles. The SMILES string of the molecule is Cc1c(/C(O)=C/c2nc(C#N)c(C#N)nc2NCc2ccccc2)c2nc(C#N)c(C#N)nc2n1Cc1ccccc1. The topological polar surface area (TPSA) is 184 Å². The summed E-state index contributed by atoms with van der Waals surface area (Å²) in [7, 11) is 0. The minimum Gasteiger partial charge on any atom is -0.507 e. The molecule has 0 saturated heterocycles. The first-order chi connectivity index (χ1) is 20.5. The van der Waals surface area contributed by atoms with E-state index in [-0.39, 0.29) is 51.1 Å². The molecule has 0 aliphatic heterocycles. The molecular formula is C31H20N10O. The number of anilines is 1. The largest absolute Gasteiger partial charge is 0.507 e. The van der Waals surface area contributed by atoms with Gasteiger partial charge < -0.3 is 15.0 Å². The van der Waals surface area contributed by atoms with Crippen molar-refractivity contribution in [1.82, 2.24) is 24.5 Å². The van der Waals surface area contributed by atoms with Gasteiger partial charge in [-0.05, 0) is 18.1 Å². The molecule has 0 saturated carbocycles. The Labute approximate surface area is 240 Å². The maximum atomic E-state index is 11.5. The Morgan fingerprint density at radius 1 is 0.786 bits per heavy atom. The number of hydrogen-bond donors (Lipinski definition) is 2. The van der Waals surface area contributed by atoms with E-state index in [1.54, 1.807) is 11.5 Å². The van der Waals surface area contributed by atoms with Gasteiger partial charge in [-0.2, -0.15) is 21.0 Å². The van der Waals surface area contributed by atoms with Gasteiger partial charge in [0, 0.05) is 24.9 Å². The van der Waals surface area contributed by atoms with Crippen molar-refractivity contribution in [3.63, 3.8) is 0 Å². The molecule has 0 spiro atoms. The molecule has 11 nitrogen and oxygen atoms in total. The highest BCUT2D eigenvalue weighted by Crippen LogP contribution is 2.31. The second-order valence-electron chi connectivity index (χ2n) is 9.10. The summed E-state index contributed by atoms with van der Waals surface area (Å²) in [6.07, 6.45) is 1.32. The van der Waals surface area contributed by atoms with Crippen LogP contribution in [0.25, 0.3) is 23.0 Å². The molecule has 0 bridgehead atoms. The zero-order chi connectivity index (χ0) is 29.6. The first kappa shape index (κ1) is 27.0. The fourth-order valence-corrected chi connectivity index (χ4v) is 4.49. The Morgan fingerprint density at radius 3 is 1.95 bits per heavy atom. The normalized spacial score (nSPS) is 10.8. The van der Waals surface area contributed by atoms with E-state index in [4.69, 9.17) is 0 Å². The summed E-state index contributed by atoms with van der Waals surface area (Å²) < 4.78 is 1.80. The first-order valence-corrected chi connectivity index (χ1v) is 12.6. The number of aliphatic hydroxyl groups is 1. The molecule has 5 aromatic rings. The number of hydrogen-bond acceptors (Lipinski definition) is 10. The Hall–Kier alpha value is -6.56. The lowest BCUT2D eigenvalue weighted by Crippen LogP contribution is -2.08. The molecule has 3 aromatic heterocycles. The standard InChI is InChI=1S/C31H20N10O/c1-19-28(29-31(40-26(16-35)24(14-33)38-29)41(19)18-21-10-6-3-7-11-21)27(42)12-22-30(36-17-20-8-4-2-5-9-20)39-25(15-34)23(13-32)37-22/h2-12,42H,17-18H2,1H3,(H,36,39)/b27-12-. The third-order valence-electron chi connectivity index (χ3n) is 6.50. The highest BCUT2D eigenvalue weighted by molar-refractivity contribution is 5.93. The zero-order valence-corrected chi connectivity index (χ0v) is 22.2. The quantitative estimate of drug-likeness (QED) is 0.269. The minimum absolute atomic E-state index is 0.115. The monoisotopic (exact) mass is 548 g/mol. The molecular weight excluding hydrogens is 528 g/mol. The smallest absolute Gasteiger partial charge is 0.179 e. The van der Waals surface area contributed by atoms with Crippen molar-refractivity contribution in [3.8, 4) is 24.3 Å². The Kier molecular flexibility index (Phi) is 7.51. The number of rotatable bonds is 7. The van der Waals surface area contributed by atoms with E-state index in [2.05, 4.69) is 25.3 Å². The molecule has 2 N–H and O–H groups in total. The van der Waals surface area contributed by atoms with Crippen molar-refractivity contribution in [2.75, 3.05) is 5.32 Å². The van der Waals surface area contributed by atoms with Crippen LogP contribution in [-0.2, 0) is 13.1 Å². The number of fused-ring (bicyclic) bond motifs is 1. The maximum absolute atomic E-state index is 11.5. The summed E-state index contributed by atoms with van der Waals surface area (Å²) in [4.78, 5) is 17.4. The van der Waals surface area contributed by atoms with Gasteiger partial charge in [-0.1, -0.05) is 60.7 Å². The summed E-state index contributed by atoms with van der Waals surface area (Å²) in [6.45, 7) is 2.47. The zero-order valence-electron chi connectivity index (χ0n) is 22.2. The Balaban J connectivity index is 1.68. The van der Waals surface area contributed by atoms with Crippen LogP contribution in [-0.4, -0.2) is 29.6 Å². The third kappa shape index (κ3) is 5.18. The number of nitrogens with zero attached hydrogens (tertiary/aromatic N) is 9. The summed E-state index contributed by atoms with van der Waals surface area (Å²) in [5.74, 6) is -0.0972. The van der Waals surface area contributed by atoms with Gasteiger partial charge >= 0.3 is 0 Å². The summed E-state index contributed by atoms with van der Waals surface area (Å²) in [5.41, 5.74) is 2.71. The van der Waals surface area contributed by atoms with Crippen LogP contribution < -0.4 is 5.32 Å². The van der Waals surface area contributed by atoms with Gasteiger partial charge in [0.25, 0.3) is 0 Å². The van der Waals surface area contributed by atoms with Crippen molar-refractivity contribution in [2.24, 2.45) is 0 Å². The van der Waals surface area contributed by atoms with Crippen molar-refractivity contribution in [1.29, 1.82) is 21.0 Å². The fraction of sp³-hybridized carbons (Fsp3) is 0.0968. The predicted octanol–water partition coefficient (Wildman–Crippen LogP) is 4.73. The summed E-state index contributed by atoms with van der Waals surface area (Å²) >= 11 is 0. The molecule has 11 heteroatoms. The third-order valence-corrected chi connectivity index (χ3v) is 6.50. The lowest BCUT2D eigenvalue weighted by atomic mass is 10.1. The molecule has 200 valence electrons. The lowest BCUT2D eigenvalue weighted by Gasteiger charge is -2.11. The molecule has 3 heterocycles. The molecule has 0 radical (unpaired) electrons. The van der Waals surface area contributed by atoms with Crippen LogP contribution in [0.4, 0.5) is 5.82 Å². The van der Waals surface area contributed by atoms with E-state index in [0.717, 1.165) is 11.1 Å². The summed E-state index contributed by atoms with van der Waals surface area (Å²) in [6, 6.07) is 26.6. The number of aromatic nitrogens is 5. The van der Waals surface area contributed by atoms with E-state index >= 15 is 0 Å². The van der Waals surface area contributed by atoms with Gasteiger partial charge in [0.2, 0.25) is 0 Å². The molecule has 2 aromatic carbocycles. The number of benzene rings is 2. The van der Waals surface area contributed by atoms with Crippen LogP contribution in [0.15, 0.2) is 60.7 Å². The van der Waals surface area contributed by atoms with Gasteiger partial charge in [-0.3, -0.25) is 0 Å². The Morgan fingerprint density at radius 2 is 1.33 bits per heavy atom. The van der Waals surface area contributed by atoms with Crippen LogP contribution in [0.5, 0.6) is 0 Å². The van der Waals surface area contributed by atoms with E-state index in [9.17, 15) is 26.2 Å². The van der Waals surface area contributed by atoms with Gasteiger partial charge in [0.15, 0.2) is 34.2 Å². The average molecular weight is 549 g/mol. The predicted molar refractivity (Wildman–Crippen MR) is 153 cm³/mol. The van der Waals surface area contributed by atoms with E-state index in [1.807, 2.05) is 84.9 Å². The van der Waals surface area contributed by atoms with Gasteiger partial charge in [-0.25, -0.2) is 19.9 Å². The van der Waals surface area contributed by atoms with Crippen LogP contribution in [0.2, 0.25) is 0 Å². The number of nitrogens with one attached hydrogen (secondary N) is 1. The minimum atomic E-state index is -0.280. The van der Waals surface area contributed by atoms with Crippen molar-refractivity contribution in [3.05, 3.63) is 112 Å². The molecule has 0 aliphatic rings. The highest BCUT2D eigenvalue weighted by atomic mass is 16.3. The molecule has 0 atom stereocenters. The van der Waals surface area contributed by atoms with Crippen molar-refractivity contribution >= 4 is 28.8 Å². The number of aliphatic hydroxyl groups excluding tert-OH is 1. The van der Waals surface area contributed by atoms with E-state index in [1.165, 1.54) is 6.08 Å². The summed E-state index contributed by atoms with van der Waals surface area (Å²) in [5, 5.41) is 52.9. The average Bonchev–Trinajstić information content (AvgIpc) is 3.29. The van der Waals surface area contributed by atoms with Crippen LogP contribution in [0.3, 0.4) is 0 Å². The van der Waals surface area contributed by atoms with Gasteiger partial charge in [0.05, 0.1) is 5.56 Å². The van der Waals surface area contributed by atoms with Crippen LogP contribution in [0.1, 0.15) is 50.9 Å². The Bertz CT molecular complexity index is 2020. The fourth-order valence-electron chi connectivity index (χ4n) is 4.49. The van der Waals surface area contributed by atoms with Gasteiger partial charge in [-0.15, -0.1) is 0 Å². The lowest BCUT2D eigenvalue weighted by molar-refractivity contribution is 0.515. The van der Waals surface area contributed by atoms with Crippen LogP contribution >= 0.6 is 0 Å². The highest BCUT2D eigenvalue weighted by Gasteiger charge is 2.23. The number of nitriles is 4. The second-order valence-corrected chi connectivity index (χ2v) is 9.10. The van der Waals surface area contributed by atoms with Crippen molar-refractivity contribution < 1.29 is 5.11 Å². The molecule has 42 heavy (non-hydrogen) atoms. The second kappa shape index (κ2) is 11.7. The molecule has 0 unspecified atom stereocenters. The van der Waals surface area contributed by atoms with Crippen molar-refractivity contribution in [2.45, 2.75) is 20.0 Å². The molecule has 0 fully saturated rings. The first-order valence-electron chi connectivity index (χ1n) is 12.6. The van der Waals surface area contributed by atoms with Crippen LogP contribution in [0, 0.1) is 52.2 Å².